The first-order chi connectivity index (χ1) is 13.6. The van der Waals surface area contributed by atoms with Gasteiger partial charge < -0.3 is 15.2 Å². The molecule has 0 aliphatic rings. The highest BCUT2D eigenvalue weighted by Crippen LogP contribution is 2.37. The number of anilines is 2. The van der Waals surface area contributed by atoms with Crippen molar-refractivity contribution in [2.45, 2.75) is 0 Å². The SMILES string of the molecule is O=C(O)c1ccc(Nc2ccnc3c(Oc4ccccc4)ccc(Cl)c23)cc1. The van der Waals surface area contributed by atoms with Crippen molar-refractivity contribution < 1.29 is 14.6 Å². The number of rotatable bonds is 5. The molecule has 0 spiro atoms. The lowest BCUT2D eigenvalue weighted by molar-refractivity contribution is 0.0697. The molecule has 0 aliphatic carbocycles. The van der Waals surface area contributed by atoms with Gasteiger partial charge in [0.2, 0.25) is 0 Å². The van der Waals surface area contributed by atoms with Gasteiger partial charge in [0.1, 0.15) is 11.3 Å². The first kappa shape index (κ1) is 17.8. The van der Waals surface area contributed by atoms with Gasteiger partial charge in [-0.3, -0.25) is 4.98 Å². The molecule has 138 valence electrons. The fourth-order valence-corrected chi connectivity index (χ4v) is 3.11. The van der Waals surface area contributed by atoms with Crippen molar-refractivity contribution in [3.05, 3.63) is 89.6 Å². The zero-order chi connectivity index (χ0) is 19.5. The van der Waals surface area contributed by atoms with Crippen LogP contribution in [0.4, 0.5) is 11.4 Å². The van der Waals surface area contributed by atoms with Crippen molar-refractivity contribution in [3.63, 3.8) is 0 Å². The van der Waals surface area contributed by atoms with Gasteiger partial charge in [-0.05, 0) is 54.6 Å². The zero-order valence-corrected chi connectivity index (χ0v) is 15.4. The first-order valence-corrected chi connectivity index (χ1v) is 8.90. The molecular formula is C22H15ClN2O3. The summed E-state index contributed by atoms with van der Waals surface area (Å²) in [6.07, 6.45) is 1.67. The number of aromatic carboxylic acids is 1. The Kier molecular flexibility index (Phi) is 4.83. The molecule has 28 heavy (non-hydrogen) atoms. The van der Waals surface area contributed by atoms with Crippen molar-refractivity contribution in [1.82, 2.24) is 4.98 Å². The third-order valence-corrected chi connectivity index (χ3v) is 4.50. The van der Waals surface area contributed by atoms with Crippen LogP contribution in [0.15, 0.2) is 79.0 Å². The van der Waals surface area contributed by atoms with E-state index in [4.69, 9.17) is 21.4 Å². The molecule has 0 saturated heterocycles. The Morgan fingerprint density at radius 3 is 2.43 bits per heavy atom. The lowest BCUT2D eigenvalue weighted by Crippen LogP contribution is -1.98. The molecule has 3 aromatic carbocycles. The summed E-state index contributed by atoms with van der Waals surface area (Å²) >= 11 is 6.46. The third kappa shape index (κ3) is 3.61. The number of ether oxygens (including phenoxy) is 1. The number of hydrogen-bond acceptors (Lipinski definition) is 4. The number of para-hydroxylation sites is 1. The lowest BCUT2D eigenvalue weighted by Gasteiger charge is -2.14. The molecule has 6 heteroatoms. The van der Waals surface area contributed by atoms with E-state index in [2.05, 4.69) is 10.3 Å². The molecule has 0 bridgehead atoms. The Bertz CT molecular complexity index is 1150. The molecule has 0 amide bonds. The minimum absolute atomic E-state index is 0.224. The van der Waals surface area contributed by atoms with Crippen LogP contribution in [0.5, 0.6) is 11.5 Å². The van der Waals surface area contributed by atoms with Gasteiger partial charge in [-0.15, -0.1) is 0 Å². The summed E-state index contributed by atoms with van der Waals surface area (Å²) in [4.78, 5) is 15.5. The third-order valence-electron chi connectivity index (χ3n) is 4.19. The number of hydrogen-bond donors (Lipinski definition) is 2. The van der Waals surface area contributed by atoms with Crippen LogP contribution in [0, 0.1) is 0 Å². The van der Waals surface area contributed by atoms with Crippen LogP contribution in [-0.4, -0.2) is 16.1 Å². The number of carboxylic acids is 1. The van der Waals surface area contributed by atoms with Crippen LogP contribution < -0.4 is 10.1 Å². The van der Waals surface area contributed by atoms with Crippen molar-refractivity contribution in [2.75, 3.05) is 5.32 Å². The number of fused-ring (bicyclic) bond motifs is 1. The van der Waals surface area contributed by atoms with Gasteiger partial charge in [0.05, 0.1) is 16.3 Å². The summed E-state index contributed by atoms with van der Waals surface area (Å²) in [6.45, 7) is 0. The molecule has 0 atom stereocenters. The van der Waals surface area contributed by atoms with Crippen LogP contribution in [0.25, 0.3) is 10.9 Å². The van der Waals surface area contributed by atoms with Gasteiger partial charge in [-0.25, -0.2) is 4.79 Å². The van der Waals surface area contributed by atoms with E-state index in [1.807, 2.05) is 36.4 Å². The van der Waals surface area contributed by atoms with E-state index in [0.29, 0.717) is 22.0 Å². The summed E-state index contributed by atoms with van der Waals surface area (Å²) in [5.41, 5.74) is 2.34. The number of pyridine rings is 1. The predicted octanol–water partition coefficient (Wildman–Crippen LogP) is 6.12. The number of carbonyl (C=O) groups is 1. The van der Waals surface area contributed by atoms with E-state index < -0.39 is 5.97 Å². The molecule has 1 heterocycles. The number of nitrogens with zero attached hydrogens (tertiary/aromatic N) is 1. The monoisotopic (exact) mass is 390 g/mol. The topological polar surface area (TPSA) is 71.5 Å². The smallest absolute Gasteiger partial charge is 0.335 e. The second-order valence-corrected chi connectivity index (χ2v) is 6.46. The van der Waals surface area contributed by atoms with Crippen molar-refractivity contribution in [3.8, 4) is 11.5 Å². The maximum Gasteiger partial charge on any atom is 0.335 e. The predicted molar refractivity (Wildman–Crippen MR) is 110 cm³/mol. The van der Waals surface area contributed by atoms with Crippen LogP contribution in [0.2, 0.25) is 5.02 Å². The second kappa shape index (κ2) is 7.58. The minimum Gasteiger partial charge on any atom is -0.478 e. The Morgan fingerprint density at radius 2 is 1.71 bits per heavy atom. The molecule has 0 unspecified atom stereocenters. The molecule has 4 rings (SSSR count). The van der Waals surface area contributed by atoms with Crippen molar-refractivity contribution in [2.24, 2.45) is 0 Å². The van der Waals surface area contributed by atoms with E-state index in [1.165, 1.54) is 0 Å². The highest BCUT2D eigenvalue weighted by molar-refractivity contribution is 6.36. The van der Waals surface area contributed by atoms with Gasteiger partial charge in [0, 0.05) is 17.3 Å². The van der Waals surface area contributed by atoms with Gasteiger partial charge >= 0.3 is 5.97 Å². The average Bonchev–Trinajstić information content (AvgIpc) is 2.71. The fraction of sp³-hybridized carbons (Fsp3) is 0. The van der Waals surface area contributed by atoms with Crippen LogP contribution >= 0.6 is 11.6 Å². The molecule has 0 saturated carbocycles. The molecule has 0 fully saturated rings. The Morgan fingerprint density at radius 1 is 0.964 bits per heavy atom. The molecular weight excluding hydrogens is 376 g/mol. The zero-order valence-electron chi connectivity index (χ0n) is 14.6. The van der Waals surface area contributed by atoms with Gasteiger partial charge in [0.25, 0.3) is 0 Å². The summed E-state index contributed by atoms with van der Waals surface area (Å²) in [5, 5.41) is 13.6. The van der Waals surface area contributed by atoms with Crippen LogP contribution in [0.3, 0.4) is 0 Å². The molecule has 5 nitrogen and oxygen atoms in total. The standard InChI is InChI=1S/C22H15ClN2O3/c23-17-10-11-19(28-16-4-2-1-3-5-16)21-20(17)18(12-13-24-21)25-15-8-6-14(7-9-15)22(26)27/h1-13H,(H,24,25)(H,26,27). The number of nitrogens with one attached hydrogen (secondary N) is 1. The van der Waals surface area contributed by atoms with E-state index in [-0.39, 0.29) is 5.56 Å². The Balaban J connectivity index is 1.73. The number of benzene rings is 3. The van der Waals surface area contributed by atoms with E-state index in [0.717, 1.165) is 16.8 Å². The quantitative estimate of drug-likeness (QED) is 0.429. The Hall–Kier alpha value is -3.57. The Labute approximate surface area is 166 Å². The lowest BCUT2D eigenvalue weighted by atomic mass is 10.1. The molecule has 4 aromatic rings. The van der Waals surface area contributed by atoms with Crippen LogP contribution in [0.1, 0.15) is 10.4 Å². The fourth-order valence-electron chi connectivity index (χ4n) is 2.86. The summed E-state index contributed by atoms with van der Waals surface area (Å²) in [7, 11) is 0. The normalized spacial score (nSPS) is 10.6. The van der Waals surface area contributed by atoms with E-state index in [1.54, 1.807) is 42.6 Å². The summed E-state index contributed by atoms with van der Waals surface area (Å²) in [5.74, 6) is 0.331. The molecule has 1 aromatic heterocycles. The highest BCUT2D eigenvalue weighted by Gasteiger charge is 2.13. The summed E-state index contributed by atoms with van der Waals surface area (Å²) < 4.78 is 5.98. The second-order valence-electron chi connectivity index (χ2n) is 6.05. The maximum atomic E-state index is 11.0. The first-order valence-electron chi connectivity index (χ1n) is 8.52. The minimum atomic E-state index is -0.966. The molecule has 2 N–H and O–H groups in total. The largest absolute Gasteiger partial charge is 0.478 e. The van der Waals surface area contributed by atoms with Gasteiger partial charge in [-0.2, -0.15) is 0 Å². The average molecular weight is 391 g/mol. The van der Waals surface area contributed by atoms with Gasteiger partial charge in [-0.1, -0.05) is 29.8 Å². The van der Waals surface area contributed by atoms with Crippen molar-refractivity contribution >= 4 is 39.8 Å². The maximum absolute atomic E-state index is 11.0. The highest BCUT2D eigenvalue weighted by atomic mass is 35.5. The number of halogens is 1. The van der Waals surface area contributed by atoms with Gasteiger partial charge in [0.15, 0.2) is 5.75 Å². The summed E-state index contributed by atoms with van der Waals surface area (Å²) in [6, 6.07) is 21.3. The number of carboxylic acid groups (broad SMARTS) is 1. The molecule has 0 radical (unpaired) electrons. The van der Waals surface area contributed by atoms with E-state index >= 15 is 0 Å². The van der Waals surface area contributed by atoms with Crippen LogP contribution in [-0.2, 0) is 0 Å². The van der Waals surface area contributed by atoms with E-state index in [9.17, 15) is 4.79 Å². The van der Waals surface area contributed by atoms with Crippen molar-refractivity contribution in [1.29, 1.82) is 0 Å². The number of aromatic nitrogens is 1. The molecule has 0 aliphatic heterocycles.